The molecule has 1 N–H and O–H groups in total. The van der Waals surface area contributed by atoms with Crippen molar-refractivity contribution in [2.24, 2.45) is 5.10 Å². The third kappa shape index (κ3) is 3.95. The van der Waals surface area contributed by atoms with Crippen molar-refractivity contribution in [2.45, 2.75) is 13.5 Å². The summed E-state index contributed by atoms with van der Waals surface area (Å²) in [6.45, 7) is 7.49. The van der Waals surface area contributed by atoms with Crippen LogP contribution in [0.5, 0.6) is 0 Å². The van der Waals surface area contributed by atoms with Crippen LogP contribution in [0.3, 0.4) is 0 Å². The van der Waals surface area contributed by atoms with E-state index < -0.39 is 0 Å². The van der Waals surface area contributed by atoms with E-state index in [1.807, 2.05) is 12.1 Å². The van der Waals surface area contributed by atoms with Crippen LogP contribution in [-0.2, 0) is 6.54 Å². The van der Waals surface area contributed by atoms with Gasteiger partial charge in [-0.2, -0.15) is 5.10 Å². The molecule has 2 aromatic rings. The Balaban J connectivity index is 1.47. The van der Waals surface area contributed by atoms with Gasteiger partial charge in [0.1, 0.15) is 12.3 Å². The number of nitrogens with zero attached hydrogens (tertiary/aromatic N) is 2. The van der Waals surface area contributed by atoms with Gasteiger partial charge < -0.3 is 9.32 Å². The molecule has 0 atom stereocenters. The fraction of sp³-hybridized carbons (Fsp3) is 0.353. The molecule has 1 aromatic heterocycles. The van der Waals surface area contributed by atoms with Crippen LogP contribution in [0.25, 0.3) is 0 Å². The van der Waals surface area contributed by atoms with Gasteiger partial charge in [0.2, 0.25) is 0 Å². The Morgan fingerprint density at radius 1 is 1.19 bits per heavy atom. The Kier molecular flexibility index (Phi) is 4.36. The minimum Gasteiger partial charge on any atom is -0.463 e. The molecule has 0 spiro atoms. The Morgan fingerprint density at radius 3 is 2.62 bits per heavy atom. The molecule has 0 bridgehead atoms. The summed E-state index contributed by atoms with van der Waals surface area (Å²) in [5.74, 6) is 0.810. The van der Waals surface area contributed by atoms with Crippen molar-refractivity contribution in [3.05, 3.63) is 59.5 Å². The number of aryl methyl sites for hydroxylation is 1. The fourth-order valence-electron chi connectivity index (χ4n) is 2.60. The first-order valence-corrected chi connectivity index (χ1v) is 7.51. The minimum atomic E-state index is 0.810. The smallest absolute Gasteiger partial charge is 0.146 e. The SMILES string of the molecule is Cc1ccc(C[NH+]2CCN(N=Cc3ccco3)CC2)cc1. The van der Waals surface area contributed by atoms with Crippen molar-refractivity contribution in [1.82, 2.24) is 5.01 Å². The lowest BCUT2D eigenvalue weighted by Gasteiger charge is -2.30. The molecule has 1 aliphatic rings. The van der Waals surface area contributed by atoms with Crippen molar-refractivity contribution in [1.29, 1.82) is 0 Å². The summed E-state index contributed by atoms with van der Waals surface area (Å²) < 4.78 is 5.25. The van der Waals surface area contributed by atoms with Crippen LogP contribution in [-0.4, -0.2) is 37.4 Å². The second-order valence-electron chi connectivity index (χ2n) is 5.63. The van der Waals surface area contributed by atoms with E-state index in [1.54, 1.807) is 17.4 Å². The average Bonchev–Trinajstić information content (AvgIpc) is 3.02. The van der Waals surface area contributed by atoms with E-state index in [-0.39, 0.29) is 0 Å². The van der Waals surface area contributed by atoms with Crippen LogP contribution in [0.2, 0.25) is 0 Å². The standard InChI is InChI=1S/C17H21N3O/c1-15-4-6-16(7-5-15)14-19-8-10-20(11-9-19)18-13-17-3-2-12-21-17/h2-7,12-13H,8-11,14H2,1H3/p+1. The molecular weight excluding hydrogens is 262 g/mol. The summed E-state index contributed by atoms with van der Waals surface area (Å²) in [5, 5.41) is 6.61. The number of hydrogen-bond donors (Lipinski definition) is 1. The summed E-state index contributed by atoms with van der Waals surface area (Å²) >= 11 is 0. The lowest BCUT2D eigenvalue weighted by atomic mass is 10.1. The predicted octanol–water partition coefficient (Wildman–Crippen LogP) is 1.32. The molecule has 4 nitrogen and oxygen atoms in total. The number of furan rings is 1. The lowest BCUT2D eigenvalue weighted by molar-refractivity contribution is -0.918. The van der Waals surface area contributed by atoms with Crippen molar-refractivity contribution in [3.8, 4) is 0 Å². The van der Waals surface area contributed by atoms with Crippen LogP contribution in [0.1, 0.15) is 16.9 Å². The molecule has 1 aliphatic heterocycles. The van der Waals surface area contributed by atoms with Crippen molar-refractivity contribution >= 4 is 6.21 Å². The summed E-state index contributed by atoms with van der Waals surface area (Å²) in [6, 6.07) is 12.7. The molecule has 1 fully saturated rings. The van der Waals surface area contributed by atoms with E-state index in [2.05, 4.69) is 41.3 Å². The zero-order valence-corrected chi connectivity index (χ0v) is 12.5. The second kappa shape index (κ2) is 6.59. The number of hydrogen-bond acceptors (Lipinski definition) is 3. The quantitative estimate of drug-likeness (QED) is 0.859. The normalized spacial score (nSPS) is 16.7. The highest BCUT2D eigenvalue weighted by molar-refractivity contribution is 5.75. The Labute approximate surface area is 125 Å². The topological polar surface area (TPSA) is 33.2 Å². The Morgan fingerprint density at radius 2 is 1.95 bits per heavy atom. The van der Waals surface area contributed by atoms with Crippen LogP contribution < -0.4 is 4.90 Å². The van der Waals surface area contributed by atoms with Gasteiger partial charge in [-0.3, -0.25) is 5.01 Å². The summed E-state index contributed by atoms with van der Waals surface area (Å²) in [5.41, 5.74) is 2.74. The van der Waals surface area contributed by atoms with E-state index in [4.69, 9.17) is 4.42 Å². The maximum atomic E-state index is 5.25. The van der Waals surface area contributed by atoms with Gasteiger partial charge >= 0.3 is 0 Å². The molecule has 0 aliphatic carbocycles. The first-order valence-electron chi connectivity index (χ1n) is 7.51. The van der Waals surface area contributed by atoms with Gasteiger partial charge in [0, 0.05) is 5.56 Å². The minimum absolute atomic E-state index is 0.810. The van der Waals surface area contributed by atoms with Crippen LogP contribution in [0.15, 0.2) is 52.2 Å². The third-order valence-electron chi connectivity index (χ3n) is 3.91. The number of benzene rings is 1. The molecule has 1 aromatic carbocycles. The maximum absolute atomic E-state index is 5.25. The van der Waals surface area contributed by atoms with Gasteiger partial charge in [-0.1, -0.05) is 29.8 Å². The van der Waals surface area contributed by atoms with E-state index in [0.717, 1.165) is 38.5 Å². The van der Waals surface area contributed by atoms with Crippen molar-refractivity contribution < 1.29 is 9.32 Å². The summed E-state index contributed by atoms with van der Waals surface area (Å²) in [4.78, 5) is 1.63. The first-order chi connectivity index (χ1) is 10.3. The monoisotopic (exact) mass is 284 g/mol. The Bertz CT molecular complexity index is 567. The van der Waals surface area contributed by atoms with Crippen LogP contribution >= 0.6 is 0 Å². The molecule has 3 rings (SSSR count). The lowest BCUT2D eigenvalue weighted by Crippen LogP contribution is -3.13. The molecular formula is C17H22N3O+. The molecule has 0 radical (unpaired) electrons. The van der Waals surface area contributed by atoms with E-state index >= 15 is 0 Å². The molecule has 0 saturated carbocycles. The number of nitrogens with one attached hydrogen (secondary N) is 1. The summed E-state index contributed by atoms with van der Waals surface area (Å²) in [6.07, 6.45) is 3.47. The highest BCUT2D eigenvalue weighted by Crippen LogP contribution is 2.02. The van der Waals surface area contributed by atoms with E-state index in [1.165, 1.54) is 11.1 Å². The van der Waals surface area contributed by atoms with Gasteiger partial charge in [0.05, 0.1) is 38.7 Å². The molecule has 2 heterocycles. The van der Waals surface area contributed by atoms with Gasteiger partial charge in [-0.05, 0) is 19.1 Å². The molecule has 110 valence electrons. The van der Waals surface area contributed by atoms with Crippen LogP contribution in [0.4, 0.5) is 0 Å². The van der Waals surface area contributed by atoms with E-state index in [0.29, 0.717) is 0 Å². The number of hydrazone groups is 1. The van der Waals surface area contributed by atoms with Crippen molar-refractivity contribution in [2.75, 3.05) is 26.2 Å². The third-order valence-corrected chi connectivity index (χ3v) is 3.91. The molecule has 0 amide bonds. The highest BCUT2D eigenvalue weighted by atomic mass is 16.3. The molecule has 0 unspecified atom stereocenters. The summed E-state index contributed by atoms with van der Waals surface area (Å²) in [7, 11) is 0. The zero-order valence-electron chi connectivity index (χ0n) is 12.5. The molecule has 1 saturated heterocycles. The van der Waals surface area contributed by atoms with Gasteiger partial charge in [-0.25, -0.2) is 0 Å². The van der Waals surface area contributed by atoms with Crippen LogP contribution in [0, 0.1) is 6.92 Å². The zero-order chi connectivity index (χ0) is 14.5. The molecule has 21 heavy (non-hydrogen) atoms. The number of rotatable bonds is 4. The average molecular weight is 284 g/mol. The maximum Gasteiger partial charge on any atom is 0.146 e. The highest BCUT2D eigenvalue weighted by Gasteiger charge is 2.18. The second-order valence-corrected chi connectivity index (χ2v) is 5.63. The Hall–Kier alpha value is -2.07. The largest absolute Gasteiger partial charge is 0.463 e. The predicted molar refractivity (Wildman–Crippen MR) is 83.5 cm³/mol. The molecule has 4 heteroatoms. The fourth-order valence-corrected chi connectivity index (χ4v) is 2.60. The first kappa shape index (κ1) is 13.9. The number of piperazine rings is 1. The van der Waals surface area contributed by atoms with Gasteiger partial charge in [0.25, 0.3) is 0 Å². The van der Waals surface area contributed by atoms with Gasteiger partial charge in [-0.15, -0.1) is 0 Å². The number of quaternary nitrogens is 1. The van der Waals surface area contributed by atoms with E-state index in [9.17, 15) is 0 Å². The van der Waals surface area contributed by atoms with Crippen molar-refractivity contribution in [3.63, 3.8) is 0 Å². The van der Waals surface area contributed by atoms with Gasteiger partial charge in [0.15, 0.2) is 0 Å².